The van der Waals surface area contributed by atoms with Crippen LogP contribution in [0.2, 0.25) is 0 Å². The van der Waals surface area contributed by atoms with Gasteiger partial charge in [-0.25, -0.2) is 0 Å². The summed E-state index contributed by atoms with van der Waals surface area (Å²) < 4.78 is 12.6. The molecule has 1 saturated carbocycles. The number of anilines is 2. The zero-order valence-corrected chi connectivity index (χ0v) is 27.4. The fraction of sp³-hybridized carbons (Fsp3) is 0.294. The molecule has 2 saturated heterocycles. The molecule has 4 amide bonds. The Morgan fingerprint density at radius 3 is 1.69 bits per heavy atom. The van der Waals surface area contributed by atoms with E-state index in [1.54, 1.807) is 60.7 Å². The fourth-order valence-corrected chi connectivity index (χ4v) is 8.27. The summed E-state index contributed by atoms with van der Waals surface area (Å²) in [4.78, 5) is 58.9. The van der Waals surface area contributed by atoms with Crippen molar-refractivity contribution in [2.75, 3.05) is 24.0 Å². The van der Waals surface area contributed by atoms with Crippen LogP contribution in [0.25, 0.3) is 0 Å². The van der Waals surface area contributed by atoms with Crippen molar-refractivity contribution < 1.29 is 33.8 Å². The molecule has 3 aromatic rings. The number of carbonyl (C=O) groups excluding carboxylic acids is 4. The molecule has 0 radical (unpaired) electrons. The van der Waals surface area contributed by atoms with E-state index < -0.39 is 35.5 Å². The number of phenolic OH excluding ortho intramolecular Hbond substituents is 1. The van der Waals surface area contributed by atoms with E-state index in [9.17, 15) is 24.3 Å². The summed E-state index contributed by atoms with van der Waals surface area (Å²) in [6.07, 6.45) is 2.56. The highest BCUT2D eigenvalue weighted by molar-refractivity contribution is 9.10. The molecule has 45 heavy (non-hydrogen) atoms. The van der Waals surface area contributed by atoms with E-state index in [0.717, 1.165) is 14.5 Å². The van der Waals surface area contributed by atoms with Crippen molar-refractivity contribution in [3.63, 3.8) is 0 Å². The van der Waals surface area contributed by atoms with Crippen LogP contribution in [0, 0.1) is 29.6 Å². The van der Waals surface area contributed by atoms with Crippen LogP contribution in [-0.4, -0.2) is 43.0 Å². The number of carbonyl (C=O) groups is 4. The van der Waals surface area contributed by atoms with Gasteiger partial charge >= 0.3 is 0 Å². The van der Waals surface area contributed by atoms with Gasteiger partial charge in [-0.2, -0.15) is 0 Å². The third-order valence-corrected chi connectivity index (χ3v) is 10.7. The maximum atomic E-state index is 14.3. The highest BCUT2D eigenvalue weighted by Crippen LogP contribution is 2.59. The van der Waals surface area contributed by atoms with Crippen LogP contribution < -0.4 is 19.3 Å². The van der Waals surface area contributed by atoms with Gasteiger partial charge in [-0.05, 0) is 85.0 Å². The first-order valence-corrected chi connectivity index (χ1v) is 16.1. The molecule has 11 heteroatoms. The van der Waals surface area contributed by atoms with Crippen LogP contribution in [-0.2, 0) is 19.2 Å². The lowest BCUT2D eigenvalue weighted by molar-refractivity contribution is -0.126. The van der Waals surface area contributed by atoms with Crippen molar-refractivity contribution in [2.24, 2.45) is 29.6 Å². The van der Waals surface area contributed by atoms with Crippen molar-refractivity contribution in [1.82, 2.24) is 0 Å². The molecule has 0 unspecified atom stereocenters. The molecule has 0 bridgehead atoms. The Morgan fingerprint density at radius 1 is 0.689 bits per heavy atom. The van der Waals surface area contributed by atoms with E-state index in [0.29, 0.717) is 23.4 Å². The maximum Gasteiger partial charge on any atom is 0.238 e. The van der Waals surface area contributed by atoms with E-state index in [4.69, 9.17) is 9.47 Å². The molecule has 2 heterocycles. The molecule has 3 fully saturated rings. The van der Waals surface area contributed by atoms with Crippen molar-refractivity contribution >= 4 is 66.9 Å². The minimum atomic E-state index is -0.770. The van der Waals surface area contributed by atoms with Gasteiger partial charge in [-0.15, -0.1) is 0 Å². The quantitative estimate of drug-likeness (QED) is 0.254. The molecule has 7 rings (SSSR count). The molecule has 6 atom stereocenters. The zero-order valence-electron chi connectivity index (χ0n) is 24.3. The number of phenols is 1. The Labute approximate surface area is 276 Å². The number of nitrogens with zero attached hydrogens (tertiary/aromatic N) is 2. The number of benzene rings is 3. The van der Waals surface area contributed by atoms with Gasteiger partial charge in [0.25, 0.3) is 0 Å². The van der Waals surface area contributed by atoms with Gasteiger partial charge in [-0.3, -0.25) is 29.0 Å². The Kier molecular flexibility index (Phi) is 7.36. The van der Waals surface area contributed by atoms with Crippen LogP contribution in [0.4, 0.5) is 11.4 Å². The van der Waals surface area contributed by atoms with E-state index >= 15 is 0 Å². The number of hydrogen-bond acceptors (Lipinski definition) is 7. The van der Waals surface area contributed by atoms with Crippen LogP contribution in [0.1, 0.15) is 24.3 Å². The number of ether oxygens (including phenoxy) is 2. The molecule has 2 aliphatic heterocycles. The molecule has 230 valence electrons. The van der Waals surface area contributed by atoms with Gasteiger partial charge in [-0.1, -0.05) is 43.5 Å². The summed E-state index contributed by atoms with van der Waals surface area (Å²) in [6.45, 7) is 0. The topological polar surface area (TPSA) is 113 Å². The highest BCUT2D eigenvalue weighted by Gasteiger charge is 2.62. The zero-order chi connectivity index (χ0) is 31.7. The summed E-state index contributed by atoms with van der Waals surface area (Å²) in [6, 6.07) is 17.3. The Bertz CT molecular complexity index is 1760. The molecule has 0 spiro atoms. The third-order valence-electron chi connectivity index (χ3n) is 9.68. The van der Waals surface area contributed by atoms with Crippen molar-refractivity contribution in [1.29, 1.82) is 0 Å². The van der Waals surface area contributed by atoms with E-state index in [1.165, 1.54) is 24.0 Å². The summed E-state index contributed by atoms with van der Waals surface area (Å²) >= 11 is 6.83. The summed E-state index contributed by atoms with van der Waals surface area (Å²) in [5.41, 5.74) is 2.41. The number of allylic oxidation sites excluding steroid dienone is 2. The molecular weight excluding hydrogens is 708 g/mol. The number of aromatic hydroxyl groups is 1. The molecular formula is C34H28Br2N2O7. The predicted molar refractivity (Wildman–Crippen MR) is 172 cm³/mol. The summed E-state index contributed by atoms with van der Waals surface area (Å²) in [7, 11) is 2.85. The van der Waals surface area contributed by atoms with Crippen LogP contribution in [0.15, 0.2) is 81.3 Å². The summed E-state index contributed by atoms with van der Waals surface area (Å²) in [5, 5.41) is 10.7. The van der Waals surface area contributed by atoms with Gasteiger partial charge in [0, 0.05) is 14.9 Å². The number of rotatable bonds is 5. The lowest BCUT2D eigenvalue weighted by Crippen LogP contribution is -2.43. The number of hydrogen-bond donors (Lipinski definition) is 1. The van der Waals surface area contributed by atoms with Crippen LogP contribution in [0.5, 0.6) is 17.2 Å². The minimum Gasteiger partial charge on any atom is -0.502 e. The van der Waals surface area contributed by atoms with Gasteiger partial charge in [0.2, 0.25) is 29.4 Å². The Morgan fingerprint density at radius 2 is 1.18 bits per heavy atom. The lowest BCUT2D eigenvalue weighted by atomic mass is 9.57. The summed E-state index contributed by atoms with van der Waals surface area (Å²) in [5.74, 6) is -4.96. The van der Waals surface area contributed by atoms with Gasteiger partial charge in [0.1, 0.15) is 0 Å². The first kappa shape index (κ1) is 29.7. The average Bonchev–Trinajstić information content (AvgIpc) is 3.44. The van der Waals surface area contributed by atoms with Crippen molar-refractivity contribution in [3.05, 3.63) is 86.8 Å². The predicted octanol–water partition coefficient (Wildman–Crippen LogP) is 5.98. The Balaban J connectivity index is 1.36. The number of imide groups is 2. The van der Waals surface area contributed by atoms with Crippen molar-refractivity contribution in [2.45, 2.75) is 18.8 Å². The largest absolute Gasteiger partial charge is 0.502 e. The smallest absolute Gasteiger partial charge is 0.238 e. The third kappa shape index (κ3) is 4.53. The van der Waals surface area contributed by atoms with E-state index in [1.807, 2.05) is 6.08 Å². The van der Waals surface area contributed by atoms with Gasteiger partial charge < -0.3 is 14.6 Å². The molecule has 3 aromatic carbocycles. The molecule has 2 aliphatic carbocycles. The fourth-order valence-electron chi connectivity index (χ4n) is 7.75. The number of fused-ring (bicyclic) bond motifs is 4. The number of halogens is 2. The van der Waals surface area contributed by atoms with Crippen LogP contribution in [0.3, 0.4) is 0 Å². The molecule has 9 nitrogen and oxygen atoms in total. The normalized spacial score (nSPS) is 27.2. The highest BCUT2D eigenvalue weighted by atomic mass is 79.9. The molecule has 1 N–H and O–H groups in total. The van der Waals surface area contributed by atoms with Crippen molar-refractivity contribution in [3.8, 4) is 17.2 Å². The molecule has 0 aromatic heterocycles. The SMILES string of the molecule is COc1cc([C@H]2C3=CC[C@@H]4C(=O)N(c5ccc(Br)cc5)C(=O)[C@@H]4[C@@H]3C[C@H]3C(=O)N(c4ccc(Br)cc4)C(=O)[C@@H]23)cc(OC)c1O. The number of amides is 4. The van der Waals surface area contributed by atoms with E-state index in [-0.39, 0.29) is 47.3 Å². The molecule has 4 aliphatic rings. The monoisotopic (exact) mass is 734 g/mol. The lowest BCUT2D eigenvalue weighted by Gasteiger charge is -2.44. The minimum absolute atomic E-state index is 0.160. The first-order chi connectivity index (χ1) is 21.6. The van der Waals surface area contributed by atoms with Gasteiger partial charge in [0.05, 0.1) is 49.3 Å². The average molecular weight is 736 g/mol. The number of methoxy groups -OCH3 is 2. The second-order valence-electron chi connectivity index (χ2n) is 11.8. The second kappa shape index (κ2) is 11.1. The Hall–Kier alpha value is -3.96. The second-order valence-corrected chi connectivity index (χ2v) is 13.6. The van der Waals surface area contributed by atoms with Crippen LogP contribution >= 0.6 is 31.9 Å². The first-order valence-electron chi connectivity index (χ1n) is 14.6. The standard InChI is InChI=1S/C34H28Br2N2O7/c1-44-25-13-16(14-26(45-2)30(25)39)27-21-11-12-22-28(33(42)37(31(22)40)19-7-3-17(35)4-8-19)23(21)15-24-29(27)34(43)38(32(24)41)20-9-5-18(36)6-10-20/h3-11,13-14,22-24,27-29,39H,12,15H2,1-2H3/t22-,23+,24+,27-,28-,29+/m0/s1. The van der Waals surface area contributed by atoms with E-state index in [2.05, 4.69) is 31.9 Å². The maximum absolute atomic E-state index is 14.3. The van der Waals surface area contributed by atoms with Gasteiger partial charge in [0.15, 0.2) is 11.5 Å².